The van der Waals surface area contributed by atoms with Crippen LogP contribution in [0.15, 0.2) is 23.0 Å². The van der Waals surface area contributed by atoms with Crippen molar-refractivity contribution in [2.45, 2.75) is 6.42 Å². The van der Waals surface area contributed by atoms with Gasteiger partial charge in [0.25, 0.3) is 0 Å². The van der Waals surface area contributed by atoms with E-state index in [9.17, 15) is 4.79 Å². The summed E-state index contributed by atoms with van der Waals surface area (Å²) in [6, 6.07) is 5.71. The molecule has 16 heavy (non-hydrogen) atoms. The van der Waals surface area contributed by atoms with E-state index in [1.807, 2.05) is 24.3 Å². The van der Waals surface area contributed by atoms with Gasteiger partial charge in [0.05, 0.1) is 0 Å². The third kappa shape index (κ3) is 1.31. The molecule has 0 radical (unpaired) electrons. The fourth-order valence-electron chi connectivity index (χ4n) is 1.85. The Kier molecular flexibility index (Phi) is 1.97. The lowest BCUT2D eigenvalue weighted by Gasteiger charge is -2.04. The molecule has 3 rings (SSSR count). The van der Waals surface area contributed by atoms with Crippen molar-refractivity contribution in [2.75, 3.05) is 0 Å². The van der Waals surface area contributed by atoms with Gasteiger partial charge in [-0.1, -0.05) is 23.7 Å². The number of aromatic nitrogens is 3. The van der Waals surface area contributed by atoms with E-state index in [2.05, 4.69) is 10.2 Å². The van der Waals surface area contributed by atoms with Crippen molar-refractivity contribution in [3.63, 3.8) is 0 Å². The zero-order valence-electron chi connectivity index (χ0n) is 8.27. The minimum atomic E-state index is -0.227. The summed E-state index contributed by atoms with van der Waals surface area (Å²) in [6.45, 7) is 0. The van der Waals surface area contributed by atoms with Gasteiger partial charge in [-0.3, -0.25) is 4.57 Å². The number of aromatic amines is 1. The first-order valence-corrected chi connectivity index (χ1v) is 5.25. The van der Waals surface area contributed by atoms with Crippen molar-refractivity contribution < 1.29 is 0 Å². The lowest BCUT2D eigenvalue weighted by atomic mass is 10.1. The molecule has 2 aromatic rings. The van der Waals surface area contributed by atoms with E-state index in [0.717, 1.165) is 11.1 Å². The van der Waals surface area contributed by atoms with Gasteiger partial charge in [-0.2, -0.15) is 5.10 Å². The molecule has 0 spiro atoms. The number of fused-ring (bicyclic) bond motifs is 2. The predicted octanol–water partition coefficient (Wildman–Crippen LogP) is 1.76. The highest BCUT2D eigenvalue weighted by atomic mass is 35.5. The number of nitrogens with one attached hydrogen (secondary N) is 1. The summed E-state index contributed by atoms with van der Waals surface area (Å²) < 4.78 is 1.50. The summed E-state index contributed by atoms with van der Waals surface area (Å²) in [5.41, 5.74) is 1.80. The number of hydrogen-bond acceptors (Lipinski definition) is 2. The summed E-state index contributed by atoms with van der Waals surface area (Å²) in [7, 11) is 0. The first kappa shape index (κ1) is 9.42. The Morgan fingerprint density at radius 2 is 2.31 bits per heavy atom. The monoisotopic (exact) mass is 233 g/mol. The van der Waals surface area contributed by atoms with Crippen LogP contribution < -0.4 is 5.69 Å². The minimum absolute atomic E-state index is 0.227. The minimum Gasteiger partial charge on any atom is -0.254 e. The number of nitrogens with zero attached hydrogens (tertiary/aromatic N) is 2. The van der Waals surface area contributed by atoms with E-state index in [1.165, 1.54) is 4.57 Å². The number of hydrogen-bond donors (Lipinski definition) is 1. The van der Waals surface area contributed by atoms with Gasteiger partial charge in [0.1, 0.15) is 5.82 Å². The van der Waals surface area contributed by atoms with Crippen LogP contribution in [0.2, 0.25) is 5.02 Å². The van der Waals surface area contributed by atoms with Gasteiger partial charge in [-0.05, 0) is 23.3 Å². The van der Waals surface area contributed by atoms with E-state index in [0.29, 0.717) is 17.3 Å². The van der Waals surface area contributed by atoms with E-state index in [-0.39, 0.29) is 5.69 Å². The van der Waals surface area contributed by atoms with Crippen LogP contribution in [0.25, 0.3) is 12.3 Å². The molecular formula is C11H8ClN3O. The summed E-state index contributed by atoms with van der Waals surface area (Å²) >= 11 is 6.13. The Morgan fingerprint density at radius 3 is 3.19 bits per heavy atom. The first-order valence-electron chi connectivity index (χ1n) is 4.87. The summed E-state index contributed by atoms with van der Waals surface area (Å²) in [5, 5.41) is 7.09. The van der Waals surface area contributed by atoms with Crippen molar-refractivity contribution >= 4 is 23.9 Å². The SMILES string of the molecule is O=c1[nH]nc2n1C=Cc1cccc(Cl)c1C2. The van der Waals surface area contributed by atoms with Gasteiger partial charge in [-0.15, -0.1) is 0 Å². The second-order valence-electron chi connectivity index (χ2n) is 3.62. The fourth-order valence-corrected chi connectivity index (χ4v) is 2.10. The molecule has 0 bridgehead atoms. The van der Waals surface area contributed by atoms with Crippen molar-refractivity contribution in [1.82, 2.24) is 14.8 Å². The third-order valence-electron chi connectivity index (χ3n) is 2.67. The number of rotatable bonds is 0. The van der Waals surface area contributed by atoms with Crippen LogP contribution in [-0.2, 0) is 6.42 Å². The molecule has 0 fully saturated rings. The molecule has 1 aliphatic heterocycles. The molecule has 1 aromatic heterocycles. The Balaban J connectivity index is 2.26. The topological polar surface area (TPSA) is 50.7 Å². The summed E-state index contributed by atoms with van der Waals surface area (Å²) in [4.78, 5) is 11.4. The molecular weight excluding hydrogens is 226 g/mol. The quantitative estimate of drug-likeness (QED) is 0.643. The van der Waals surface area contributed by atoms with Gasteiger partial charge in [-0.25, -0.2) is 9.89 Å². The van der Waals surface area contributed by atoms with Crippen LogP contribution in [0, 0.1) is 0 Å². The molecule has 0 atom stereocenters. The van der Waals surface area contributed by atoms with Crippen LogP contribution in [0.3, 0.4) is 0 Å². The Labute approximate surface area is 96.2 Å². The predicted molar refractivity (Wildman–Crippen MR) is 62.3 cm³/mol. The highest BCUT2D eigenvalue weighted by molar-refractivity contribution is 6.31. The zero-order valence-corrected chi connectivity index (χ0v) is 9.03. The Hall–Kier alpha value is -1.81. The lowest BCUT2D eigenvalue weighted by Crippen LogP contribution is -2.12. The normalized spacial score (nSPS) is 13.1. The van der Waals surface area contributed by atoms with Gasteiger partial charge in [0.2, 0.25) is 0 Å². The molecule has 1 N–H and O–H groups in total. The first-order chi connectivity index (χ1) is 7.75. The van der Waals surface area contributed by atoms with Crippen molar-refractivity contribution in [3.05, 3.63) is 50.7 Å². The zero-order chi connectivity index (χ0) is 11.1. The molecule has 1 aromatic carbocycles. The maximum absolute atomic E-state index is 11.4. The fraction of sp³-hybridized carbons (Fsp3) is 0.0909. The van der Waals surface area contributed by atoms with Crippen LogP contribution >= 0.6 is 11.6 Å². The molecule has 80 valence electrons. The molecule has 1 aliphatic rings. The van der Waals surface area contributed by atoms with Crippen LogP contribution in [-0.4, -0.2) is 14.8 Å². The van der Waals surface area contributed by atoms with Crippen molar-refractivity contribution in [3.8, 4) is 0 Å². The average Bonchev–Trinajstić information content (AvgIpc) is 2.51. The van der Waals surface area contributed by atoms with Crippen molar-refractivity contribution in [1.29, 1.82) is 0 Å². The van der Waals surface area contributed by atoms with Gasteiger partial charge in [0.15, 0.2) is 0 Å². The van der Waals surface area contributed by atoms with E-state index in [1.54, 1.807) is 6.20 Å². The molecule has 4 nitrogen and oxygen atoms in total. The van der Waals surface area contributed by atoms with Crippen LogP contribution in [0.5, 0.6) is 0 Å². The average molecular weight is 234 g/mol. The number of halogens is 1. The van der Waals surface area contributed by atoms with E-state index < -0.39 is 0 Å². The largest absolute Gasteiger partial charge is 0.347 e. The molecule has 5 heteroatoms. The Morgan fingerprint density at radius 1 is 1.44 bits per heavy atom. The number of H-pyrrole nitrogens is 1. The Bertz CT molecular complexity index is 639. The van der Waals surface area contributed by atoms with E-state index in [4.69, 9.17) is 11.6 Å². The van der Waals surface area contributed by atoms with Gasteiger partial charge in [0, 0.05) is 17.6 Å². The molecule has 0 amide bonds. The lowest BCUT2D eigenvalue weighted by molar-refractivity contribution is 0.935. The van der Waals surface area contributed by atoms with Gasteiger partial charge < -0.3 is 0 Å². The van der Waals surface area contributed by atoms with Crippen LogP contribution in [0.4, 0.5) is 0 Å². The van der Waals surface area contributed by atoms with Gasteiger partial charge >= 0.3 is 5.69 Å². The second-order valence-corrected chi connectivity index (χ2v) is 4.02. The molecule has 0 aliphatic carbocycles. The third-order valence-corrected chi connectivity index (χ3v) is 3.02. The smallest absolute Gasteiger partial charge is 0.254 e. The summed E-state index contributed by atoms with van der Waals surface area (Å²) in [6.07, 6.45) is 4.14. The highest BCUT2D eigenvalue weighted by Crippen LogP contribution is 2.25. The maximum Gasteiger partial charge on any atom is 0.347 e. The highest BCUT2D eigenvalue weighted by Gasteiger charge is 2.14. The number of benzene rings is 1. The maximum atomic E-state index is 11.4. The molecule has 0 unspecified atom stereocenters. The molecule has 0 saturated heterocycles. The second kappa shape index (κ2) is 3.35. The molecule has 0 saturated carbocycles. The molecule has 2 heterocycles. The van der Waals surface area contributed by atoms with E-state index >= 15 is 0 Å². The van der Waals surface area contributed by atoms with Crippen LogP contribution in [0.1, 0.15) is 17.0 Å². The van der Waals surface area contributed by atoms with Crippen molar-refractivity contribution in [2.24, 2.45) is 0 Å². The standard InChI is InChI=1S/C11H8ClN3O/c12-9-3-1-2-7-4-5-15-10(6-8(7)9)13-14-11(15)16/h1-5H,6H2,(H,14,16). The summed E-state index contributed by atoms with van der Waals surface area (Å²) in [5.74, 6) is 0.674.